The normalized spacial score (nSPS) is 14.9. The van der Waals surface area contributed by atoms with Gasteiger partial charge in [-0.25, -0.2) is 14.2 Å². The van der Waals surface area contributed by atoms with E-state index in [9.17, 15) is 9.47 Å². The second-order valence-electron chi connectivity index (χ2n) is 8.65. The highest BCUT2D eigenvalue weighted by atomic mass is 32.2. The summed E-state index contributed by atoms with van der Waals surface area (Å²) in [6.45, 7) is 5.97. The number of pyridine rings is 1. The molecule has 1 aliphatic heterocycles. The minimum absolute atomic E-state index is 0.286. The lowest BCUT2D eigenvalue weighted by molar-refractivity contribution is 0.312. The van der Waals surface area contributed by atoms with Gasteiger partial charge < -0.3 is 15.5 Å². The number of nitriles is 1. The number of fused-ring (bicyclic) bond motifs is 1. The van der Waals surface area contributed by atoms with Crippen LogP contribution in [0.5, 0.6) is 0 Å². The van der Waals surface area contributed by atoms with Crippen molar-refractivity contribution < 1.29 is 4.21 Å². The molecule has 0 saturated carbocycles. The molecule has 0 aliphatic carbocycles. The minimum Gasteiger partial charge on any atom is -0.324 e. The van der Waals surface area contributed by atoms with E-state index in [1.807, 2.05) is 6.92 Å². The first kappa shape index (κ1) is 24.6. The number of likely N-dealkylation sites (N-methyl/N-ethyl adjacent to an activating group) is 1. The molecule has 0 radical (unpaired) electrons. The Labute approximate surface area is 206 Å². The number of aromatic nitrogens is 3. The number of aryl methyl sites for hydroxylation is 1. The van der Waals surface area contributed by atoms with Crippen LogP contribution in [0.25, 0.3) is 0 Å². The number of nitrogens with zero attached hydrogens (tertiary/aromatic N) is 6. The van der Waals surface area contributed by atoms with Gasteiger partial charge >= 0.3 is 0 Å². The van der Waals surface area contributed by atoms with Gasteiger partial charge in [-0.3, -0.25) is 0 Å². The highest BCUT2D eigenvalue weighted by molar-refractivity contribution is 7.93. The van der Waals surface area contributed by atoms with Crippen LogP contribution in [-0.2, 0) is 29.1 Å². The average Bonchev–Trinajstić information content (AvgIpc) is 2.83. The van der Waals surface area contributed by atoms with Crippen molar-refractivity contribution in [3.63, 3.8) is 0 Å². The van der Waals surface area contributed by atoms with E-state index >= 15 is 0 Å². The van der Waals surface area contributed by atoms with Gasteiger partial charge in [-0.1, -0.05) is 19.9 Å². The predicted octanol–water partition coefficient (Wildman–Crippen LogP) is 4.53. The summed E-state index contributed by atoms with van der Waals surface area (Å²) in [5.41, 5.74) is 5.29. The fourth-order valence-corrected chi connectivity index (χ4v) is 4.62. The van der Waals surface area contributed by atoms with Gasteiger partial charge in [-0.05, 0) is 60.8 Å². The van der Waals surface area contributed by atoms with Crippen molar-refractivity contribution in [2.45, 2.75) is 33.2 Å². The van der Waals surface area contributed by atoms with Crippen LogP contribution in [-0.4, -0.2) is 49.7 Å². The third kappa shape index (κ3) is 5.93. The van der Waals surface area contributed by atoms with E-state index in [0.717, 1.165) is 31.6 Å². The van der Waals surface area contributed by atoms with E-state index in [1.54, 1.807) is 24.5 Å². The molecule has 9 nitrogen and oxygen atoms in total. The molecule has 0 saturated heterocycles. The van der Waals surface area contributed by atoms with Gasteiger partial charge in [0, 0.05) is 30.8 Å². The third-order valence-electron chi connectivity index (χ3n) is 5.97. The van der Waals surface area contributed by atoms with E-state index < -0.39 is 9.73 Å². The lowest BCUT2D eigenvalue weighted by Gasteiger charge is -2.27. The summed E-state index contributed by atoms with van der Waals surface area (Å²) < 4.78 is 16.6. The molecule has 3 heterocycles. The van der Waals surface area contributed by atoms with Crippen LogP contribution in [0.15, 0.2) is 40.9 Å². The maximum absolute atomic E-state index is 12.4. The van der Waals surface area contributed by atoms with E-state index in [0.29, 0.717) is 29.2 Å². The van der Waals surface area contributed by atoms with E-state index in [-0.39, 0.29) is 5.56 Å². The summed E-state index contributed by atoms with van der Waals surface area (Å²) in [5, 5.41) is 16.0. The summed E-state index contributed by atoms with van der Waals surface area (Å²) in [6, 6.07) is 11.6. The van der Waals surface area contributed by atoms with Crippen LogP contribution in [0, 0.1) is 11.3 Å². The predicted molar refractivity (Wildman–Crippen MR) is 140 cm³/mol. The van der Waals surface area contributed by atoms with E-state index in [2.05, 4.69) is 67.0 Å². The zero-order chi connectivity index (χ0) is 25.0. The molecule has 0 bridgehead atoms. The van der Waals surface area contributed by atoms with Crippen molar-refractivity contribution in [1.29, 1.82) is 5.26 Å². The molecule has 35 heavy (non-hydrogen) atoms. The maximum Gasteiger partial charge on any atom is 0.229 e. The number of nitrogens with one attached hydrogen (secondary N) is 2. The molecule has 182 valence electrons. The highest BCUT2D eigenvalue weighted by Crippen LogP contribution is 2.28. The Kier molecular flexibility index (Phi) is 7.28. The summed E-state index contributed by atoms with van der Waals surface area (Å²) >= 11 is 0. The molecule has 1 aliphatic rings. The van der Waals surface area contributed by atoms with Gasteiger partial charge in [0.1, 0.15) is 17.5 Å². The van der Waals surface area contributed by atoms with Crippen molar-refractivity contribution in [2.75, 3.05) is 36.2 Å². The fraction of sp³-hybridized carbons (Fsp3) is 0.360. The molecule has 0 spiro atoms. The minimum atomic E-state index is -2.34. The molecule has 1 unspecified atom stereocenters. The molecule has 0 fully saturated rings. The lowest BCUT2D eigenvalue weighted by atomic mass is 9.92. The summed E-state index contributed by atoms with van der Waals surface area (Å²) in [5.74, 6) is 1.95. The Morgan fingerprint density at radius 2 is 2.06 bits per heavy atom. The standard InChI is InChI=1S/C25H30N8OS/c1-5-17-12-20(13-18-16-33(3)11-10-21(17)18)28-25-27-15-19(14-26)24(31-25)30-22-8-7-9-23(29-22)32-35(4,34)6-2/h7-9,12-13,15H,5-6,10-11,16H2,1-4H3,(H2,27,28,29,30,31). The summed E-state index contributed by atoms with van der Waals surface area (Å²) in [4.78, 5) is 15.6. The second-order valence-corrected chi connectivity index (χ2v) is 11.3. The molecule has 10 heteroatoms. The Balaban J connectivity index is 1.62. The van der Waals surface area contributed by atoms with Crippen molar-refractivity contribution >= 4 is 38.8 Å². The number of rotatable bonds is 7. The number of hydrogen-bond donors (Lipinski definition) is 2. The molecule has 4 rings (SSSR count). The van der Waals surface area contributed by atoms with Crippen LogP contribution in [0.4, 0.5) is 29.1 Å². The van der Waals surface area contributed by atoms with Crippen LogP contribution >= 0.6 is 0 Å². The Hall–Kier alpha value is -3.55. The Bertz CT molecular complexity index is 1410. The SMILES string of the molecule is CCc1cc(Nc2ncc(C#N)c(Nc3cccc(N=S(C)(=O)CC)n3)n2)cc2c1CCN(C)C2. The molecular weight excluding hydrogens is 460 g/mol. The third-order valence-corrected chi connectivity index (χ3v) is 7.61. The van der Waals surface area contributed by atoms with Gasteiger partial charge in [0.05, 0.1) is 15.9 Å². The van der Waals surface area contributed by atoms with Crippen molar-refractivity contribution in [1.82, 2.24) is 19.9 Å². The number of hydrogen-bond acceptors (Lipinski definition) is 9. The zero-order valence-corrected chi connectivity index (χ0v) is 21.3. The van der Waals surface area contributed by atoms with Crippen molar-refractivity contribution in [3.05, 3.63) is 58.8 Å². The topological polar surface area (TPSA) is 119 Å². The average molecular weight is 491 g/mol. The smallest absolute Gasteiger partial charge is 0.229 e. The Morgan fingerprint density at radius 1 is 1.23 bits per heavy atom. The lowest BCUT2D eigenvalue weighted by Crippen LogP contribution is -2.27. The van der Waals surface area contributed by atoms with Crippen molar-refractivity contribution in [2.24, 2.45) is 4.36 Å². The van der Waals surface area contributed by atoms with Gasteiger partial charge in [0.25, 0.3) is 0 Å². The number of anilines is 4. The fourth-order valence-electron chi connectivity index (χ4n) is 4.00. The van der Waals surface area contributed by atoms with Crippen molar-refractivity contribution in [3.8, 4) is 6.07 Å². The molecule has 2 aromatic heterocycles. The van der Waals surface area contributed by atoms with Gasteiger partial charge in [0.2, 0.25) is 5.95 Å². The first-order valence-corrected chi connectivity index (χ1v) is 13.7. The van der Waals surface area contributed by atoms with Gasteiger partial charge in [0.15, 0.2) is 11.6 Å². The van der Waals surface area contributed by atoms with E-state index in [4.69, 9.17) is 0 Å². The van der Waals surface area contributed by atoms with Crippen LogP contribution in [0.1, 0.15) is 36.1 Å². The molecule has 3 aromatic rings. The van der Waals surface area contributed by atoms with E-state index in [1.165, 1.54) is 22.9 Å². The second kappa shape index (κ2) is 10.4. The Morgan fingerprint density at radius 3 is 2.80 bits per heavy atom. The quantitative estimate of drug-likeness (QED) is 0.496. The monoisotopic (exact) mass is 490 g/mol. The molecule has 2 N–H and O–H groups in total. The highest BCUT2D eigenvalue weighted by Gasteiger charge is 2.18. The van der Waals surface area contributed by atoms with Crippen LogP contribution < -0.4 is 10.6 Å². The first-order valence-electron chi connectivity index (χ1n) is 11.6. The van der Waals surface area contributed by atoms with Crippen LogP contribution in [0.3, 0.4) is 0 Å². The summed E-state index contributed by atoms with van der Waals surface area (Å²) in [6.07, 6.45) is 5.10. The maximum atomic E-state index is 12.4. The zero-order valence-electron chi connectivity index (χ0n) is 20.5. The number of benzene rings is 1. The van der Waals surface area contributed by atoms with Crippen LogP contribution in [0.2, 0.25) is 0 Å². The summed E-state index contributed by atoms with van der Waals surface area (Å²) in [7, 11) is -0.206. The first-order chi connectivity index (χ1) is 16.8. The van der Waals surface area contributed by atoms with Gasteiger partial charge in [-0.15, -0.1) is 0 Å². The van der Waals surface area contributed by atoms with Gasteiger partial charge in [-0.2, -0.15) is 14.6 Å². The molecule has 1 aromatic carbocycles. The molecule has 0 amide bonds. The molecule has 1 atom stereocenters. The largest absolute Gasteiger partial charge is 0.324 e. The molecular formula is C25H30N8OS.